The summed E-state index contributed by atoms with van der Waals surface area (Å²) in [5.41, 5.74) is 6.52. The molecule has 1 atom stereocenters. The first-order valence-electron chi connectivity index (χ1n) is 5.38. The lowest BCUT2D eigenvalue weighted by Crippen LogP contribution is -2.35. The number of hydrogen-bond acceptors (Lipinski definition) is 3. The Kier molecular flexibility index (Phi) is 5.35. The third-order valence-corrected chi connectivity index (χ3v) is 3.04. The van der Waals surface area contributed by atoms with E-state index in [0.29, 0.717) is 6.42 Å². The van der Waals surface area contributed by atoms with E-state index in [1.165, 1.54) is 4.90 Å². The second-order valence-corrected chi connectivity index (χ2v) is 4.49. The molecular weight excluding hydrogens is 220 g/mol. The molecule has 4 heteroatoms. The lowest BCUT2D eigenvalue weighted by molar-refractivity contribution is -0.117. The zero-order valence-corrected chi connectivity index (χ0v) is 10.5. The Morgan fingerprint density at radius 3 is 2.56 bits per heavy atom. The molecule has 1 unspecified atom stereocenters. The molecule has 0 bridgehead atoms. The molecule has 0 aliphatic heterocycles. The van der Waals surface area contributed by atoms with Crippen molar-refractivity contribution in [2.45, 2.75) is 30.7 Å². The first-order chi connectivity index (χ1) is 7.67. The van der Waals surface area contributed by atoms with Gasteiger partial charge in [-0.05, 0) is 36.9 Å². The highest BCUT2D eigenvalue weighted by atomic mass is 32.2. The van der Waals surface area contributed by atoms with Crippen LogP contribution in [0, 0.1) is 0 Å². The number of nitrogens with one attached hydrogen (secondary N) is 1. The van der Waals surface area contributed by atoms with Gasteiger partial charge in [0.2, 0.25) is 5.91 Å². The molecule has 88 valence electrons. The predicted molar refractivity (Wildman–Crippen MR) is 69.7 cm³/mol. The van der Waals surface area contributed by atoms with Gasteiger partial charge in [-0.3, -0.25) is 4.79 Å². The van der Waals surface area contributed by atoms with E-state index in [0.717, 1.165) is 12.1 Å². The van der Waals surface area contributed by atoms with Crippen molar-refractivity contribution in [2.75, 3.05) is 11.6 Å². The molecule has 1 aromatic carbocycles. The van der Waals surface area contributed by atoms with Gasteiger partial charge in [0.25, 0.3) is 0 Å². The van der Waals surface area contributed by atoms with Gasteiger partial charge in [0.15, 0.2) is 0 Å². The summed E-state index contributed by atoms with van der Waals surface area (Å²) in [4.78, 5) is 12.8. The van der Waals surface area contributed by atoms with Gasteiger partial charge in [0.1, 0.15) is 0 Å². The van der Waals surface area contributed by atoms with Gasteiger partial charge in [-0.25, -0.2) is 0 Å². The second kappa shape index (κ2) is 6.55. The molecule has 3 nitrogen and oxygen atoms in total. The fourth-order valence-corrected chi connectivity index (χ4v) is 1.76. The van der Waals surface area contributed by atoms with Crippen LogP contribution in [0.5, 0.6) is 0 Å². The van der Waals surface area contributed by atoms with Gasteiger partial charge in [-0.1, -0.05) is 13.3 Å². The Bertz CT molecular complexity index is 337. The highest BCUT2D eigenvalue weighted by Crippen LogP contribution is 2.17. The van der Waals surface area contributed by atoms with Gasteiger partial charge >= 0.3 is 0 Å². The van der Waals surface area contributed by atoms with E-state index in [1.54, 1.807) is 11.8 Å². The van der Waals surface area contributed by atoms with Gasteiger partial charge in [0.05, 0.1) is 6.04 Å². The molecule has 1 rings (SSSR count). The van der Waals surface area contributed by atoms with Crippen LogP contribution in [0.3, 0.4) is 0 Å². The molecule has 0 fully saturated rings. The van der Waals surface area contributed by atoms with Crippen LogP contribution in [0.25, 0.3) is 0 Å². The Balaban J connectivity index is 2.55. The van der Waals surface area contributed by atoms with Gasteiger partial charge in [0, 0.05) is 10.6 Å². The molecular formula is C12H18N2OS. The minimum Gasteiger partial charge on any atom is -0.325 e. The van der Waals surface area contributed by atoms with E-state index in [9.17, 15) is 4.79 Å². The standard InChI is InChI=1S/C12H18N2OS/c1-3-4-11(13)12(15)14-9-5-7-10(16-2)8-6-9/h5-8,11H,3-4,13H2,1-2H3,(H,14,15). The normalized spacial score (nSPS) is 12.2. The zero-order chi connectivity index (χ0) is 12.0. The second-order valence-electron chi connectivity index (χ2n) is 3.61. The Morgan fingerprint density at radius 2 is 2.06 bits per heavy atom. The van der Waals surface area contributed by atoms with Crippen LogP contribution >= 0.6 is 11.8 Å². The van der Waals surface area contributed by atoms with Crippen molar-refractivity contribution in [2.24, 2.45) is 5.73 Å². The van der Waals surface area contributed by atoms with E-state index >= 15 is 0 Å². The van der Waals surface area contributed by atoms with Gasteiger partial charge in [-0.2, -0.15) is 0 Å². The van der Waals surface area contributed by atoms with E-state index in [4.69, 9.17) is 5.73 Å². The maximum absolute atomic E-state index is 11.6. The number of carbonyl (C=O) groups is 1. The summed E-state index contributed by atoms with van der Waals surface area (Å²) >= 11 is 1.67. The average molecular weight is 238 g/mol. The summed E-state index contributed by atoms with van der Waals surface area (Å²) in [6, 6.07) is 7.33. The molecule has 0 saturated heterocycles. The number of benzene rings is 1. The van der Waals surface area contributed by atoms with E-state index in [2.05, 4.69) is 5.32 Å². The summed E-state index contributed by atoms with van der Waals surface area (Å²) in [5.74, 6) is -0.112. The fourth-order valence-electron chi connectivity index (χ4n) is 1.35. The maximum atomic E-state index is 11.6. The largest absolute Gasteiger partial charge is 0.325 e. The quantitative estimate of drug-likeness (QED) is 0.775. The third kappa shape index (κ3) is 3.87. The summed E-state index contributed by atoms with van der Waals surface area (Å²) in [7, 11) is 0. The molecule has 0 radical (unpaired) electrons. The average Bonchev–Trinajstić information content (AvgIpc) is 2.30. The molecule has 0 aromatic heterocycles. The highest BCUT2D eigenvalue weighted by Gasteiger charge is 2.11. The Hall–Kier alpha value is -1.00. The molecule has 0 saturated carbocycles. The fraction of sp³-hybridized carbons (Fsp3) is 0.417. The molecule has 16 heavy (non-hydrogen) atoms. The molecule has 0 spiro atoms. The van der Waals surface area contributed by atoms with E-state index < -0.39 is 6.04 Å². The molecule has 1 amide bonds. The minimum absolute atomic E-state index is 0.112. The van der Waals surface area contributed by atoms with Crippen molar-refractivity contribution in [3.63, 3.8) is 0 Å². The van der Waals surface area contributed by atoms with Crippen LogP contribution in [0.4, 0.5) is 5.69 Å². The van der Waals surface area contributed by atoms with Crippen molar-refractivity contribution in [3.8, 4) is 0 Å². The summed E-state index contributed by atoms with van der Waals surface area (Å²) in [5, 5.41) is 2.80. The topological polar surface area (TPSA) is 55.1 Å². The number of carbonyl (C=O) groups excluding carboxylic acids is 1. The molecule has 0 aliphatic rings. The Labute approximate surface area is 101 Å². The smallest absolute Gasteiger partial charge is 0.241 e. The third-order valence-electron chi connectivity index (χ3n) is 2.29. The number of anilines is 1. The van der Waals surface area contributed by atoms with E-state index in [-0.39, 0.29) is 5.91 Å². The predicted octanol–water partition coefficient (Wildman–Crippen LogP) is 2.47. The lowest BCUT2D eigenvalue weighted by Gasteiger charge is -2.11. The van der Waals surface area contributed by atoms with Crippen LogP contribution in [0.2, 0.25) is 0 Å². The van der Waals surface area contributed by atoms with Crippen molar-refractivity contribution >= 4 is 23.4 Å². The molecule has 1 aromatic rings. The first-order valence-corrected chi connectivity index (χ1v) is 6.60. The van der Waals surface area contributed by atoms with Crippen LogP contribution in [-0.2, 0) is 4.79 Å². The molecule has 0 heterocycles. The number of rotatable bonds is 5. The SMILES string of the molecule is CCCC(N)C(=O)Nc1ccc(SC)cc1. The minimum atomic E-state index is -0.412. The summed E-state index contributed by atoms with van der Waals surface area (Å²) in [6.45, 7) is 2.01. The monoisotopic (exact) mass is 238 g/mol. The number of amides is 1. The molecule has 3 N–H and O–H groups in total. The van der Waals surface area contributed by atoms with Crippen LogP contribution in [-0.4, -0.2) is 18.2 Å². The number of hydrogen-bond donors (Lipinski definition) is 2. The van der Waals surface area contributed by atoms with Crippen molar-refractivity contribution in [3.05, 3.63) is 24.3 Å². The first kappa shape index (κ1) is 13.1. The number of thioether (sulfide) groups is 1. The van der Waals surface area contributed by atoms with Crippen LogP contribution in [0.1, 0.15) is 19.8 Å². The van der Waals surface area contributed by atoms with Crippen molar-refractivity contribution < 1.29 is 4.79 Å². The lowest BCUT2D eigenvalue weighted by atomic mass is 10.1. The highest BCUT2D eigenvalue weighted by molar-refractivity contribution is 7.98. The Morgan fingerprint density at radius 1 is 1.44 bits per heavy atom. The van der Waals surface area contributed by atoms with Gasteiger partial charge < -0.3 is 11.1 Å². The zero-order valence-electron chi connectivity index (χ0n) is 9.69. The summed E-state index contributed by atoms with van der Waals surface area (Å²) in [6.07, 6.45) is 3.65. The van der Waals surface area contributed by atoms with Crippen LogP contribution in [0.15, 0.2) is 29.2 Å². The van der Waals surface area contributed by atoms with Crippen LogP contribution < -0.4 is 11.1 Å². The maximum Gasteiger partial charge on any atom is 0.241 e. The van der Waals surface area contributed by atoms with Crippen molar-refractivity contribution in [1.82, 2.24) is 0 Å². The molecule has 0 aliphatic carbocycles. The summed E-state index contributed by atoms with van der Waals surface area (Å²) < 4.78 is 0. The van der Waals surface area contributed by atoms with Gasteiger partial charge in [-0.15, -0.1) is 11.8 Å². The van der Waals surface area contributed by atoms with Crippen molar-refractivity contribution in [1.29, 1.82) is 0 Å². The number of nitrogens with two attached hydrogens (primary N) is 1. The van der Waals surface area contributed by atoms with E-state index in [1.807, 2.05) is 37.4 Å².